The largest absolute Gasteiger partial charge is 0.500 e. The number of nitrogens with zero attached hydrogens (tertiary/aromatic N) is 2. The second-order valence-electron chi connectivity index (χ2n) is 5.87. The van der Waals surface area contributed by atoms with Crippen molar-refractivity contribution in [2.45, 2.75) is 18.9 Å². The van der Waals surface area contributed by atoms with Crippen LogP contribution in [0.25, 0.3) is 0 Å². The zero-order valence-electron chi connectivity index (χ0n) is 12.5. The molecule has 1 aromatic rings. The first kappa shape index (κ1) is 15.1. The third-order valence-corrected chi connectivity index (χ3v) is 4.78. The molecule has 2 atom stereocenters. The molecule has 1 N–H and O–H groups in total. The first-order valence-corrected chi connectivity index (χ1v) is 8.05. The van der Waals surface area contributed by atoms with E-state index in [1.54, 1.807) is 6.07 Å². The van der Waals surface area contributed by atoms with Gasteiger partial charge in [-0.1, -0.05) is 12.6 Å². The molecule has 1 fully saturated rings. The highest BCUT2D eigenvalue weighted by Crippen LogP contribution is 2.34. The molecule has 3 rings (SSSR count). The van der Waals surface area contributed by atoms with Crippen molar-refractivity contribution in [3.63, 3.8) is 0 Å². The highest BCUT2D eigenvalue weighted by molar-refractivity contribution is 7.80. The molecular formula is C16H21N3O2S. The maximum absolute atomic E-state index is 12.0. The fourth-order valence-corrected chi connectivity index (χ4v) is 3.73. The topological polar surface area (TPSA) is 46.5 Å². The molecule has 0 aromatic carbocycles. The van der Waals surface area contributed by atoms with E-state index in [1.165, 1.54) is 6.26 Å². The van der Waals surface area contributed by atoms with Gasteiger partial charge in [0.2, 0.25) is 0 Å². The fraction of sp³-hybridized carbons (Fsp3) is 0.500. The summed E-state index contributed by atoms with van der Waals surface area (Å²) >= 11 is 5.49. The summed E-state index contributed by atoms with van der Waals surface area (Å²) in [5, 5.41) is 4.00. The average molecular weight is 319 g/mol. The smallest absolute Gasteiger partial charge is 0.250 e. The van der Waals surface area contributed by atoms with Crippen LogP contribution in [0.2, 0.25) is 0 Å². The van der Waals surface area contributed by atoms with Gasteiger partial charge in [0.1, 0.15) is 6.61 Å². The quantitative estimate of drug-likeness (QED) is 0.515. The third-order valence-electron chi connectivity index (χ3n) is 4.38. The van der Waals surface area contributed by atoms with Crippen molar-refractivity contribution in [1.82, 2.24) is 14.8 Å². The Kier molecular flexibility index (Phi) is 4.47. The molecule has 0 radical (unpaired) electrons. The van der Waals surface area contributed by atoms with Gasteiger partial charge in [0, 0.05) is 37.3 Å². The van der Waals surface area contributed by atoms with Crippen LogP contribution in [0.15, 0.2) is 35.8 Å². The van der Waals surface area contributed by atoms with Gasteiger partial charge in [0.15, 0.2) is 5.11 Å². The second-order valence-corrected chi connectivity index (χ2v) is 6.26. The molecule has 0 aliphatic carbocycles. The van der Waals surface area contributed by atoms with Crippen molar-refractivity contribution in [3.8, 4) is 0 Å². The second kappa shape index (κ2) is 6.52. The van der Waals surface area contributed by atoms with Crippen molar-refractivity contribution in [2.24, 2.45) is 5.92 Å². The number of nitrogens with one attached hydrogen (secondary N) is 1. The maximum Gasteiger partial charge on any atom is 0.250 e. The van der Waals surface area contributed by atoms with E-state index in [1.807, 2.05) is 10.6 Å². The monoisotopic (exact) mass is 319 g/mol. The predicted octanol–water partition coefficient (Wildman–Crippen LogP) is 1.30. The van der Waals surface area contributed by atoms with Gasteiger partial charge in [-0.05, 0) is 30.6 Å². The minimum absolute atomic E-state index is 0.114. The van der Waals surface area contributed by atoms with E-state index < -0.39 is 0 Å². The van der Waals surface area contributed by atoms with Crippen LogP contribution in [-0.4, -0.2) is 40.8 Å². The minimum Gasteiger partial charge on any atom is -0.500 e. The summed E-state index contributed by atoms with van der Waals surface area (Å²) < 4.78 is 7.03. The van der Waals surface area contributed by atoms with Gasteiger partial charge in [-0.15, -0.1) is 0 Å². The van der Waals surface area contributed by atoms with Crippen LogP contribution in [0, 0.1) is 5.92 Å². The number of piperidine rings is 1. The van der Waals surface area contributed by atoms with Crippen LogP contribution < -0.4 is 10.9 Å². The summed E-state index contributed by atoms with van der Waals surface area (Å²) in [6.45, 7) is 7.32. The van der Waals surface area contributed by atoms with Gasteiger partial charge in [-0.25, -0.2) is 0 Å². The van der Waals surface area contributed by atoms with E-state index in [0.717, 1.165) is 36.9 Å². The molecule has 1 aromatic heterocycles. The van der Waals surface area contributed by atoms with Crippen molar-refractivity contribution in [1.29, 1.82) is 0 Å². The summed E-state index contributed by atoms with van der Waals surface area (Å²) in [5.41, 5.74) is 1.26. The SMILES string of the molecule is C=COCCNC(=S)N1CC2CC(C1)c1cccc(=O)n1C2. The molecule has 2 bridgehead atoms. The Bertz CT molecular complexity index is 628. The highest BCUT2D eigenvalue weighted by Gasteiger charge is 2.35. The van der Waals surface area contributed by atoms with Gasteiger partial charge in [0.05, 0.1) is 12.8 Å². The standard InChI is InChI=1S/C16H21N3O2S/c1-2-21-7-6-17-16(22)18-9-12-8-13(11-18)14-4-3-5-15(20)19(14)10-12/h2-5,12-13H,1,6-11H2,(H,17,22). The Morgan fingerprint density at radius 3 is 3.14 bits per heavy atom. The van der Waals surface area contributed by atoms with Crippen molar-refractivity contribution < 1.29 is 4.74 Å². The van der Waals surface area contributed by atoms with Crippen LogP contribution in [0.4, 0.5) is 0 Å². The number of fused-ring (bicyclic) bond motifs is 4. The van der Waals surface area contributed by atoms with Gasteiger partial charge in [0.25, 0.3) is 5.56 Å². The number of hydrogen-bond acceptors (Lipinski definition) is 3. The molecule has 0 spiro atoms. The van der Waals surface area contributed by atoms with Crippen LogP contribution in [0.3, 0.4) is 0 Å². The lowest BCUT2D eigenvalue weighted by molar-refractivity contribution is 0.176. The van der Waals surface area contributed by atoms with Gasteiger partial charge in [-0.2, -0.15) is 0 Å². The molecule has 6 heteroatoms. The molecule has 0 saturated carbocycles. The molecule has 1 saturated heterocycles. The summed E-state index contributed by atoms with van der Waals surface area (Å²) in [6, 6.07) is 5.57. The number of thiocarbonyl (C=S) groups is 1. The zero-order chi connectivity index (χ0) is 15.5. The van der Waals surface area contributed by atoms with Gasteiger partial charge >= 0.3 is 0 Å². The number of aromatic nitrogens is 1. The molecule has 2 aliphatic heterocycles. The Morgan fingerprint density at radius 2 is 2.32 bits per heavy atom. The fourth-order valence-electron chi connectivity index (χ4n) is 3.47. The van der Waals surface area contributed by atoms with Gasteiger partial charge in [-0.3, -0.25) is 4.79 Å². The predicted molar refractivity (Wildman–Crippen MR) is 89.9 cm³/mol. The van der Waals surface area contributed by atoms with Crippen molar-refractivity contribution in [3.05, 3.63) is 47.1 Å². The molecule has 2 unspecified atom stereocenters. The summed E-state index contributed by atoms with van der Waals surface area (Å²) in [5.74, 6) is 0.862. The van der Waals surface area contributed by atoms with Crippen molar-refractivity contribution >= 4 is 17.3 Å². The Hall–Kier alpha value is -1.82. The number of hydrogen-bond donors (Lipinski definition) is 1. The van der Waals surface area contributed by atoms with Crippen LogP contribution in [0.5, 0.6) is 0 Å². The first-order valence-electron chi connectivity index (χ1n) is 7.64. The molecule has 0 amide bonds. The minimum atomic E-state index is 0.114. The Balaban J connectivity index is 1.67. The Morgan fingerprint density at radius 1 is 1.45 bits per heavy atom. The van der Waals surface area contributed by atoms with Crippen LogP contribution >= 0.6 is 12.2 Å². The van der Waals surface area contributed by atoms with Crippen LogP contribution in [0.1, 0.15) is 18.0 Å². The number of rotatable bonds is 4. The van der Waals surface area contributed by atoms with E-state index in [9.17, 15) is 4.79 Å². The normalized spacial score (nSPS) is 22.6. The molecule has 22 heavy (non-hydrogen) atoms. The maximum atomic E-state index is 12.0. The molecular weight excluding hydrogens is 298 g/mol. The van der Waals surface area contributed by atoms with Gasteiger partial charge < -0.3 is 19.5 Å². The first-order chi connectivity index (χ1) is 10.7. The lowest BCUT2D eigenvalue weighted by atomic mass is 9.83. The summed E-state index contributed by atoms with van der Waals surface area (Å²) in [6.07, 6.45) is 2.58. The molecule has 118 valence electrons. The average Bonchev–Trinajstić information content (AvgIpc) is 2.52. The summed E-state index contributed by atoms with van der Waals surface area (Å²) in [4.78, 5) is 14.2. The lowest BCUT2D eigenvalue weighted by Gasteiger charge is -2.43. The number of ether oxygens (including phenoxy) is 1. The lowest BCUT2D eigenvalue weighted by Crippen LogP contribution is -2.52. The zero-order valence-corrected chi connectivity index (χ0v) is 13.3. The number of likely N-dealkylation sites (tertiary alicyclic amines) is 1. The van der Waals surface area contributed by atoms with E-state index >= 15 is 0 Å². The summed E-state index contributed by atoms with van der Waals surface area (Å²) in [7, 11) is 0. The van der Waals surface area contributed by atoms with E-state index in [-0.39, 0.29) is 5.56 Å². The van der Waals surface area contributed by atoms with E-state index in [4.69, 9.17) is 17.0 Å². The molecule has 5 nitrogen and oxygen atoms in total. The highest BCUT2D eigenvalue weighted by atomic mass is 32.1. The van der Waals surface area contributed by atoms with Crippen molar-refractivity contribution in [2.75, 3.05) is 26.2 Å². The molecule has 3 heterocycles. The Labute approximate surface area is 135 Å². The van der Waals surface area contributed by atoms with Crippen LogP contribution in [-0.2, 0) is 11.3 Å². The van der Waals surface area contributed by atoms with E-state index in [0.29, 0.717) is 25.0 Å². The third kappa shape index (κ3) is 3.02. The number of pyridine rings is 1. The van der Waals surface area contributed by atoms with E-state index in [2.05, 4.69) is 22.9 Å². The molecule has 2 aliphatic rings.